The van der Waals surface area contributed by atoms with Gasteiger partial charge in [-0.2, -0.15) is 0 Å². The zero-order valence-electron chi connectivity index (χ0n) is 16.2. The topological polar surface area (TPSA) is 56.8 Å². The molecular formula is C23H24BrNO4. The lowest BCUT2D eigenvalue weighted by atomic mass is 9.74. The summed E-state index contributed by atoms with van der Waals surface area (Å²) in [5.41, 5.74) is 2.30. The second-order valence-electron chi connectivity index (χ2n) is 8.18. The number of hydrogen-bond acceptors (Lipinski definition) is 4. The summed E-state index contributed by atoms with van der Waals surface area (Å²) in [6.45, 7) is 2.30. The third-order valence-corrected chi connectivity index (χ3v) is 6.99. The molecule has 29 heavy (non-hydrogen) atoms. The van der Waals surface area contributed by atoms with Crippen LogP contribution in [-0.2, 0) is 14.9 Å². The van der Waals surface area contributed by atoms with Gasteiger partial charge in [0, 0.05) is 35.6 Å². The van der Waals surface area contributed by atoms with Crippen LogP contribution in [0.1, 0.15) is 36.3 Å². The van der Waals surface area contributed by atoms with Crippen molar-refractivity contribution in [1.82, 2.24) is 5.32 Å². The maximum absolute atomic E-state index is 12.9. The van der Waals surface area contributed by atoms with Crippen LogP contribution in [0.5, 0.6) is 11.5 Å². The maximum atomic E-state index is 12.9. The number of carbonyl (C=O) groups is 1. The molecule has 5 rings (SSSR count). The molecule has 2 aromatic rings. The molecule has 0 unspecified atom stereocenters. The van der Waals surface area contributed by atoms with Crippen molar-refractivity contribution in [3.8, 4) is 11.5 Å². The van der Waals surface area contributed by atoms with Crippen LogP contribution in [0.15, 0.2) is 46.9 Å². The average Bonchev–Trinajstić information content (AvgIpc) is 3.42. The number of ether oxygens (including phenoxy) is 3. The van der Waals surface area contributed by atoms with Crippen LogP contribution >= 0.6 is 15.9 Å². The average molecular weight is 458 g/mol. The maximum Gasteiger partial charge on any atom is 0.231 e. The number of nitrogens with one attached hydrogen (secondary N) is 1. The zero-order chi connectivity index (χ0) is 19.8. The second kappa shape index (κ2) is 7.65. The number of carbonyl (C=O) groups excluding carboxylic acids is 1. The fourth-order valence-corrected chi connectivity index (χ4v) is 4.77. The Morgan fingerprint density at radius 3 is 2.62 bits per heavy atom. The van der Waals surface area contributed by atoms with Gasteiger partial charge >= 0.3 is 0 Å². The molecule has 2 heterocycles. The lowest BCUT2D eigenvalue weighted by Gasteiger charge is -2.38. The predicted octanol–water partition coefficient (Wildman–Crippen LogP) is 4.15. The number of amides is 1. The Balaban J connectivity index is 1.28. The fourth-order valence-electron chi connectivity index (χ4n) is 4.51. The Bertz CT molecular complexity index is 908. The number of benzene rings is 2. The van der Waals surface area contributed by atoms with E-state index in [4.69, 9.17) is 14.2 Å². The van der Waals surface area contributed by atoms with Crippen molar-refractivity contribution in [2.24, 2.45) is 5.92 Å². The molecule has 0 aromatic heterocycles. The van der Waals surface area contributed by atoms with E-state index in [1.54, 1.807) is 0 Å². The van der Waals surface area contributed by atoms with E-state index in [2.05, 4.69) is 45.5 Å². The SMILES string of the molecule is O=C(NCC1(c2ccc3c(c2)OCO3)CCOCC1)[C@H]1C[C@H]1c1ccc(Br)cc1. The summed E-state index contributed by atoms with van der Waals surface area (Å²) in [4.78, 5) is 12.9. The van der Waals surface area contributed by atoms with Gasteiger partial charge in [0.25, 0.3) is 0 Å². The van der Waals surface area contributed by atoms with Crippen molar-refractivity contribution in [2.45, 2.75) is 30.6 Å². The first kappa shape index (κ1) is 18.9. The first-order valence-electron chi connectivity index (χ1n) is 10.2. The van der Waals surface area contributed by atoms with Crippen molar-refractivity contribution in [1.29, 1.82) is 0 Å². The first-order chi connectivity index (χ1) is 14.1. The highest BCUT2D eigenvalue weighted by Gasteiger charge is 2.45. The Kier molecular flexibility index (Phi) is 5.00. The van der Waals surface area contributed by atoms with Crippen LogP contribution in [0.2, 0.25) is 0 Å². The summed E-state index contributed by atoms with van der Waals surface area (Å²) >= 11 is 3.47. The highest BCUT2D eigenvalue weighted by atomic mass is 79.9. The monoisotopic (exact) mass is 457 g/mol. The second-order valence-corrected chi connectivity index (χ2v) is 9.09. The Morgan fingerprint density at radius 1 is 1.07 bits per heavy atom. The van der Waals surface area contributed by atoms with Gasteiger partial charge in [-0.3, -0.25) is 4.79 Å². The van der Waals surface area contributed by atoms with E-state index >= 15 is 0 Å². The van der Waals surface area contributed by atoms with Gasteiger partial charge in [0.05, 0.1) is 0 Å². The van der Waals surface area contributed by atoms with Gasteiger partial charge in [0.15, 0.2) is 11.5 Å². The summed E-state index contributed by atoms with van der Waals surface area (Å²) in [6.07, 6.45) is 2.69. The number of halogens is 1. The minimum absolute atomic E-state index is 0.0739. The highest BCUT2D eigenvalue weighted by molar-refractivity contribution is 9.10. The molecule has 2 aliphatic heterocycles. The van der Waals surface area contributed by atoms with Crippen LogP contribution in [-0.4, -0.2) is 32.5 Å². The van der Waals surface area contributed by atoms with Crippen molar-refractivity contribution in [3.05, 3.63) is 58.1 Å². The predicted molar refractivity (Wildman–Crippen MR) is 112 cm³/mol. The fraction of sp³-hybridized carbons (Fsp3) is 0.435. The van der Waals surface area contributed by atoms with E-state index in [1.807, 2.05) is 18.2 Å². The third-order valence-electron chi connectivity index (χ3n) is 6.46. The molecule has 0 spiro atoms. The largest absolute Gasteiger partial charge is 0.454 e. The summed E-state index contributed by atoms with van der Waals surface area (Å²) < 4.78 is 17.7. The van der Waals surface area contributed by atoms with Crippen LogP contribution in [0.4, 0.5) is 0 Å². The van der Waals surface area contributed by atoms with Gasteiger partial charge in [-0.05, 0) is 60.6 Å². The smallest absolute Gasteiger partial charge is 0.231 e. The van der Waals surface area contributed by atoms with Crippen molar-refractivity contribution < 1.29 is 19.0 Å². The molecule has 3 aliphatic rings. The molecule has 152 valence electrons. The minimum Gasteiger partial charge on any atom is -0.454 e. The van der Waals surface area contributed by atoms with E-state index in [9.17, 15) is 4.79 Å². The van der Waals surface area contributed by atoms with Gasteiger partial charge in [-0.15, -0.1) is 0 Å². The summed E-state index contributed by atoms with van der Waals surface area (Å²) in [6, 6.07) is 14.4. The molecule has 1 saturated heterocycles. The molecule has 2 fully saturated rings. The van der Waals surface area contributed by atoms with E-state index in [-0.39, 0.29) is 24.0 Å². The van der Waals surface area contributed by atoms with Gasteiger partial charge in [-0.25, -0.2) is 0 Å². The lowest BCUT2D eigenvalue weighted by molar-refractivity contribution is -0.122. The van der Waals surface area contributed by atoms with Crippen molar-refractivity contribution in [2.75, 3.05) is 26.6 Å². The molecule has 0 bridgehead atoms. The standard InChI is InChI=1S/C23H24BrNO4/c24-17-4-1-15(2-5-17)18-12-19(18)22(26)25-13-23(7-9-27-10-8-23)16-3-6-20-21(11-16)29-14-28-20/h1-6,11,18-19H,7-10,12-14H2,(H,25,26)/t18-,19-/m0/s1. The lowest BCUT2D eigenvalue weighted by Crippen LogP contribution is -2.45. The quantitative estimate of drug-likeness (QED) is 0.732. The third kappa shape index (κ3) is 3.76. The molecule has 6 heteroatoms. The van der Waals surface area contributed by atoms with Gasteiger partial charge in [0.2, 0.25) is 12.7 Å². The van der Waals surface area contributed by atoms with Gasteiger partial charge in [0.1, 0.15) is 0 Å². The summed E-state index contributed by atoms with van der Waals surface area (Å²) in [5.74, 6) is 2.14. The van der Waals surface area contributed by atoms with Gasteiger partial charge in [-0.1, -0.05) is 34.1 Å². The molecule has 0 radical (unpaired) electrons. The van der Waals surface area contributed by atoms with Crippen LogP contribution in [0, 0.1) is 5.92 Å². The molecule has 1 saturated carbocycles. The Morgan fingerprint density at radius 2 is 1.83 bits per heavy atom. The van der Waals surface area contributed by atoms with Crippen molar-refractivity contribution in [3.63, 3.8) is 0 Å². The minimum atomic E-state index is -0.128. The normalized spacial score (nSPS) is 24.2. The molecule has 5 nitrogen and oxygen atoms in total. The molecule has 1 N–H and O–H groups in total. The Labute approximate surface area is 178 Å². The number of fused-ring (bicyclic) bond motifs is 1. The first-order valence-corrected chi connectivity index (χ1v) is 10.9. The number of rotatable bonds is 5. The Hall–Kier alpha value is -2.05. The van der Waals surface area contributed by atoms with Crippen LogP contribution in [0.25, 0.3) is 0 Å². The van der Waals surface area contributed by atoms with E-state index in [1.165, 1.54) is 11.1 Å². The molecule has 2 aromatic carbocycles. The molecule has 1 aliphatic carbocycles. The van der Waals surface area contributed by atoms with Crippen molar-refractivity contribution >= 4 is 21.8 Å². The van der Waals surface area contributed by atoms with E-state index in [0.717, 1.165) is 35.2 Å². The summed E-state index contributed by atoms with van der Waals surface area (Å²) in [5, 5.41) is 3.26. The van der Waals surface area contributed by atoms with Gasteiger partial charge < -0.3 is 19.5 Å². The number of hydrogen-bond donors (Lipinski definition) is 1. The van der Waals surface area contributed by atoms with E-state index < -0.39 is 0 Å². The molecule has 1 amide bonds. The van der Waals surface area contributed by atoms with Crippen LogP contribution < -0.4 is 14.8 Å². The molecular weight excluding hydrogens is 434 g/mol. The zero-order valence-corrected chi connectivity index (χ0v) is 17.7. The molecule has 2 atom stereocenters. The highest BCUT2D eigenvalue weighted by Crippen LogP contribution is 2.48. The summed E-state index contributed by atoms with van der Waals surface area (Å²) in [7, 11) is 0. The van der Waals surface area contributed by atoms with Crippen LogP contribution in [0.3, 0.4) is 0 Å². The van der Waals surface area contributed by atoms with E-state index in [0.29, 0.717) is 25.7 Å².